The van der Waals surface area contributed by atoms with Crippen LogP contribution >= 0.6 is 0 Å². The van der Waals surface area contributed by atoms with E-state index in [0.717, 1.165) is 51.8 Å². The average molecular weight is 362 g/mol. The molecule has 0 radical (unpaired) electrons. The molecule has 0 bridgehead atoms. The minimum Gasteiger partial charge on any atom is -0.383 e. The molecule has 2 amide bonds. The van der Waals surface area contributed by atoms with Gasteiger partial charge in [-0.15, -0.1) is 0 Å². The van der Waals surface area contributed by atoms with Gasteiger partial charge < -0.3 is 24.8 Å². The number of nitrogens with zero attached hydrogens (tertiary/aromatic N) is 5. The molecule has 2 fully saturated rings. The number of piperidine rings is 1. The van der Waals surface area contributed by atoms with Crippen LogP contribution in [-0.4, -0.2) is 91.9 Å². The van der Waals surface area contributed by atoms with E-state index >= 15 is 0 Å². The van der Waals surface area contributed by atoms with E-state index in [1.807, 2.05) is 11.0 Å². The number of nitrogens with one attached hydrogen (secondary N) is 1. The van der Waals surface area contributed by atoms with E-state index in [1.54, 1.807) is 19.5 Å². The lowest BCUT2D eigenvalue weighted by Gasteiger charge is -2.36. The third-order valence-corrected chi connectivity index (χ3v) is 5.16. The Morgan fingerprint density at radius 1 is 1.23 bits per heavy atom. The molecule has 0 aromatic carbocycles. The molecule has 0 spiro atoms. The van der Waals surface area contributed by atoms with Gasteiger partial charge >= 0.3 is 6.03 Å². The Hall–Kier alpha value is -1.93. The van der Waals surface area contributed by atoms with Crippen LogP contribution in [0.3, 0.4) is 0 Å². The van der Waals surface area contributed by atoms with Crippen LogP contribution in [0.4, 0.5) is 10.7 Å². The molecule has 2 saturated heterocycles. The predicted molar refractivity (Wildman–Crippen MR) is 100 cm³/mol. The van der Waals surface area contributed by atoms with Crippen molar-refractivity contribution in [2.24, 2.45) is 5.92 Å². The molecule has 1 unspecified atom stereocenters. The lowest BCUT2D eigenvalue weighted by atomic mass is 9.98. The van der Waals surface area contributed by atoms with E-state index in [2.05, 4.69) is 25.1 Å². The quantitative estimate of drug-likeness (QED) is 0.802. The van der Waals surface area contributed by atoms with Crippen molar-refractivity contribution in [3.63, 3.8) is 0 Å². The van der Waals surface area contributed by atoms with Crippen molar-refractivity contribution in [3.05, 3.63) is 18.5 Å². The maximum Gasteiger partial charge on any atom is 0.317 e. The molecule has 2 aliphatic heterocycles. The van der Waals surface area contributed by atoms with Crippen molar-refractivity contribution in [2.75, 3.05) is 71.0 Å². The molecular formula is C18H30N6O2. The van der Waals surface area contributed by atoms with Crippen LogP contribution in [0.2, 0.25) is 0 Å². The standard InChI is InChI=1S/C18H30N6O2/c1-26-13-12-22-7-2-4-16(15-22)14-21-18(25)24-10-8-23(9-11-24)17-19-5-3-6-20-17/h3,5-6,16H,2,4,7-15H2,1H3,(H,21,25). The number of urea groups is 1. The number of aromatic nitrogens is 2. The van der Waals surface area contributed by atoms with Gasteiger partial charge in [-0.05, 0) is 31.4 Å². The van der Waals surface area contributed by atoms with Gasteiger partial charge in [-0.25, -0.2) is 14.8 Å². The third kappa shape index (κ3) is 5.28. The van der Waals surface area contributed by atoms with E-state index in [9.17, 15) is 4.79 Å². The third-order valence-electron chi connectivity index (χ3n) is 5.16. The first-order valence-corrected chi connectivity index (χ1v) is 9.52. The largest absolute Gasteiger partial charge is 0.383 e. The monoisotopic (exact) mass is 362 g/mol. The van der Waals surface area contributed by atoms with Gasteiger partial charge in [0.2, 0.25) is 5.95 Å². The minimum atomic E-state index is 0.0487. The fourth-order valence-electron chi connectivity index (χ4n) is 3.65. The van der Waals surface area contributed by atoms with Gasteiger partial charge in [0.05, 0.1) is 6.61 Å². The molecule has 1 atom stereocenters. The Labute approximate surface area is 155 Å². The van der Waals surface area contributed by atoms with Crippen LogP contribution < -0.4 is 10.2 Å². The summed E-state index contributed by atoms with van der Waals surface area (Å²) < 4.78 is 5.17. The van der Waals surface area contributed by atoms with Crippen LogP contribution in [0.15, 0.2) is 18.5 Å². The van der Waals surface area contributed by atoms with Gasteiger partial charge in [-0.3, -0.25) is 0 Å². The van der Waals surface area contributed by atoms with Crippen molar-refractivity contribution < 1.29 is 9.53 Å². The highest BCUT2D eigenvalue weighted by Gasteiger charge is 2.24. The fourth-order valence-corrected chi connectivity index (χ4v) is 3.65. The van der Waals surface area contributed by atoms with E-state index in [0.29, 0.717) is 19.0 Å². The maximum atomic E-state index is 12.5. The zero-order valence-electron chi connectivity index (χ0n) is 15.6. The van der Waals surface area contributed by atoms with Crippen LogP contribution in [0.1, 0.15) is 12.8 Å². The van der Waals surface area contributed by atoms with Crippen molar-refractivity contribution in [1.82, 2.24) is 25.1 Å². The van der Waals surface area contributed by atoms with Crippen LogP contribution in [0.5, 0.6) is 0 Å². The topological polar surface area (TPSA) is 73.8 Å². The highest BCUT2D eigenvalue weighted by Crippen LogP contribution is 2.16. The normalized spacial score (nSPS) is 21.7. The van der Waals surface area contributed by atoms with E-state index in [4.69, 9.17) is 4.74 Å². The lowest BCUT2D eigenvalue weighted by Crippen LogP contribution is -2.53. The summed E-state index contributed by atoms with van der Waals surface area (Å²) in [6.07, 6.45) is 5.88. The number of piperazine rings is 1. The average Bonchev–Trinajstić information content (AvgIpc) is 2.71. The second-order valence-corrected chi connectivity index (χ2v) is 7.01. The number of hydrogen-bond donors (Lipinski definition) is 1. The van der Waals surface area contributed by atoms with Crippen LogP contribution in [0.25, 0.3) is 0 Å². The van der Waals surface area contributed by atoms with Crippen molar-refractivity contribution in [1.29, 1.82) is 0 Å². The Morgan fingerprint density at radius 3 is 2.73 bits per heavy atom. The SMILES string of the molecule is COCCN1CCCC(CNC(=O)N2CCN(c3ncccn3)CC2)C1. The lowest BCUT2D eigenvalue weighted by molar-refractivity contribution is 0.113. The highest BCUT2D eigenvalue weighted by atomic mass is 16.5. The second kappa shape index (κ2) is 9.68. The summed E-state index contributed by atoms with van der Waals surface area (Å²) in [5.41, 5.74) is 0. The first-order chi connectivity index (χ1) is 12.8. The number of carbonyl (C=O) groups excluding carboxylic acids is 1. The maximum absolute atomic E-state index is 12.5. The molecule has 26 heavy (non-hydrogen) atoms. The molecule has 144 valence electrons. The minimum absolute atomic E-state index is 0.0487. The summed E-state index contributed by atoms with van der Waals surface area (Å²) in [7, 11) is 1.74. The number of ether oxygens (including phenoxy) is 1. The molecule has 1 aromatic heterocycles. The summed E-state index contributed by atoms with van der Waals surface area (Å²) in [4.78, 5) is 27.5. The zero-order valence-corrected chi connectivity index (χ0v) is 15.6. The van der Waals surface area contributed by atoms with Gasteiger partial charge in [0.25, 0.3) is 0 Å². The van der Waals surface area contributed by atoms with Gasteiger partial charge in [-0.1, -0.05) is 0 Å². The van der Waals surface area contributed by atoms with E-state index in [1.165, 1.54) is 12.8 Å². The number of methoxy groups -OCH3 is 1. The molecule has 8 heteroatoms. The molecular weight excluding hydrogens is 332 g/mol. The number of anilines is 1. The van der Waals surface area contributed by atoms with Crippen LogP contribution in [0, 0.1) is 5.92 Å². The van der Waals surface area contributed by atoms with Gasteiger partial charge in [0.15, 0.2) is 0 Å². The summed E-state index contributed by atoms with van der Waals surface area (Å²) in [6.45, 7) is 7.63. The molecule has 2 aliphatic rings. The fraction of sp³-hybridized carbons (Fsp3) is 0.722. The first kappa shape index (κ1) is 18.8. The molecule has 1 aromatic rings. The number of likely N-dealkylation sites (tertiary alicyclic amines) is 1. The van der Waals surface area contributed by atoms with Crippen molar-refractivity contribution in [2.45, 2.75) is 12.8 Å². The van der Waals surface area contributed by atoms with Gasteiger partial charge in [0, 0.05) is 65.3 Å². The van der Waals surface area contributed by atoms with Crippen LogP contribution in [-0.2, 0) is 4.74 Å². The van der Waals surface area contributed by atoms with E-state index < -0.39 is 0 Å². The Balaban J connectivity index is 1.38. The Morgan fingerprint density at radius 2 is 2.00 bits per heavy atom. The van der Waals surface area contributed by atoms with Crippen molar-refractivity contribution >= 4 is 12.0 Å². The first-order valence-electron chi connectivity index (χ1n) is 9.52. The smallest absolute Gasteiger partial charge is 0.317 e. The molecule has 3 heterocycles. The molecule has 3 rings (SSSR count). The Bertz CT molecular complexity index is 550. The predicted octanol–water partition coefficient (Wildman–Crippen LogP) is 0.667. The molecule has 0 saturated carbocycles. The van der Waals surface area contributed by atoms with Crippen molar-refractivity contribution in [3.8, 4) is 0 Å². The molecule has 1 N–H and O–H groups in total. The summed E-state index contributed by atoms with van der Waals surface area (Å²) in [6, 6.07) is 1.86. The summed E-state index contributed by atoms with van der Waals surface area (Å²) in [5, 5.41) is 3.13. The summed E-state index contributed by atoms with van der Waals surface area (Å²) >= 11 is 0. The van der Waals surface area contributed by atoms with E-state index in [-0.39, 0.29) is 6.03 Å². The Kier molecular flexibility index (Phi) is 7.02. The zero-order chi connectivity index (χ0) is 18.2. The molecule has 0 aliphatic carbocycles. The second-order valence-electron chi connectivity index (χ2n) is 7.01. The number of rotatable bonds is 6. The van der Waals surface area contributed by atoms with Gasteiger partial charge in [0.1, 0.15) is 0 Å². The number of carbonyl (C=O) groups is 1. The van der Waals surface area contributed by atoms with Gasteiger partial charge in [-0.2, -0.15) is 0 Å². The molecule has 8 nitrogen and oxygen atoms in total. The number of hydrogen-bond acceptors (Lipinski definition) is 6. The number of amides is 2. The highest BCUT2D eigenvalue weighted by molar-refractivity contribution is 5.74. The summed E-state index contributed by atoms with van der Waals surface area (Å²) in [5.74, 6) is 1.27.